The third-order valence-electron chi connectivity index (χ3n) is 3.78. The second-order valence-corrected chi connectivity index (χ2v) is 6.01. The van der Waals surface area contributed by atoms with Gasteiger partial charge in [0, 0.05) is 17.8 Å². The molecule has 0 radical (unpaired) electrons. The Bertz CT molecular complexity index is 952. The van der Waals surface area contributed by atoms with Crippen molar-refractivity contribution in [2.75, 3.05) is 11.9 Å². The molecule has 0 aliphatic rings. The molecule has 0 saturated carbocycles. The molecule has 1 atom stereocenters. The average Bonchev–Trinajstić information content (AvgIpc) is 2.73. The van der Waals surface area contributed by atoms with Crippen LogP contribution in [0.25, 0.3) is 0 Å². The van der Waals surface area contributed by atoms with Gasteiger partial charge in [-0.25, -0.2) is 9.59 Å². The number of nitrogens with one attached hydrogen (secondary N) is 3. The molecule has 0 saturated heterocycles. The Morgan fingerprint density at radius 1 is 1.03 bits per heavy atom. The number of esters is 1. The number of nitriles is 1. The van der Waals surface area contributed by atoms with Crippen LogP contribution in [0.3, 0.4) is 0 Å². The van der Waals surface area contributed by atoms with Crippen LogP contribution in [0.1, 0.15) is 35.4 Å². The van der Waals surface area contributed by atoms with E-state index in [0.29, 0.717) is 17.8 Å². The number of benzene rings is 2. The summed E-state index contributed by atoms with van der Waals surface area (Å²) in [5, 5.41) is 15.6. The molecular weight excluding hydrogens is 388 g/mol. The summed E-state index contributed by atoms with van der Waals surface area (Å²) in [7, 11) is 0. The van der Waals surface area contributed by atoms with E-state index in [2.05, 4.69) is 16.0 Å². The number of urea groups is 1. The molecule has 0 aliphatic carbocycles. The lowest BCUT2D eigenvalue weighted by molar-refractivity contribution is -0.129. The summed E-state index contributed by atoms with van der Waals surface area (Å²) < 4.78 is 5.36. The minimum Gasteiger partial charge on any atom is -0.444 e. The number of imide groups is 1. The number of rotatable bonds is 7. The van der Waals surface area contributed by atoms with Crippen LogP contribution in [0.2, 0.25) is 0 Å². The fourth-order valence-electron chi connectivity index (χ4n) is 2.42. The fraction of sp³-hybridized carbons (Fsp3) is 0.190. The predicted molar refractivity (Wildman–Crippen MR) is 107 cm³/mol. The average molecular weight is 408 g/mol. The first-order valence-corrected chi connectivity index (χ1v) is 9.06. The second kappa shape index (κ2) is 11.0. The van der Waals surface area contributed by atoms with Crippen molar-refractivity contribution in [1.29, 1.82) is 5.26 Å². The molecule has 154 valence electrons. The molecule has 0 aliphatic heterocycles. The monoisotopic (exact) mass is 408 g/mol. The third kappa shape index (κ3) is 6.45. The van der Waals surface area contributed by atoms with Gasteiger partial charge in [0.25, 0.3) is 5.91 Å². The molecule has 2 rings (SSSR count). The highest BCUT2D eigenvalue weighted by atomic mass is 16.5. The Hall–Kier alpha value is -4.19. The summed E-state index contributed by atoms with van der Waals surface area (Å²) in [6.45, 7) is 2.03. The van der Waals surface area contributed by atoms with E-state index in [1.54, 1.807) is 43.3 Å². The molecule has 0 bridgehead atoms. The lowest BCUT2D eigenvalue weighted by Crippen LogP contribution is -2.42. The summed E-state index contributed by atoms with van der Waals surface area (Å²) >= 11 is 0. The van der Waals surface area contributed by atoms with Gasteiger partial charge in [0.05, 0.1) is 11.6 Å². The molecule has 0 spiro atoms. The van der Waals surface area contributed by atoms with Crippen LogP contribution in [0.4, 0.5) is 10.5 Å². The van der Waals surface area contributed by atoms with Crippen LogP contribution in [-0.4, -0.2) is 30.4 Å². The Balaban J connectivity index is 2.14. The zero-order chi connectivity index (χ0) is 21.9. The highest BCUT2D eigenvalue weighted by molar-refractivity contribution is 5.99. The van der Waals surface area contributed by atoms with Gasteiger partial charge >= 0.3 is 12.0 Å². The number of ether oxygens (including phenoxy) is 1. The Labute approximate surface area is 173 Å². The number of carbonyl (C=O) groups is 4. The van der Waals surface area contributed by atoms with Gasteiger partial charge in [0.1, 0.15) is 6.42 Å². The zero-order valence-electron chi connectivity index (χ0n) is 16.2. The van der Waals surface area contributed by atoms with Gasteiger partial charge in [-0.05, 0) is 31.2 Å². The summed E-state index contributed by atoms with van der Waals surface area (Å²) in [6.07, 6.45) is -1.63. The molecule has 4 amide bonds. The molecule has 30 heavy (non-hydrogen) atoms. The second-order valence-electron chi connectivity index (χ2n) is 6.01. The van der Waals surface area contributed by atoms with Crippen molar-refractivity contribution < 1.29 is 23.9 Å². The van der Waals surface area contributed by atoms with E-state index < -0.39 is 29.9 Å². The van der Waals surface area contributed by atoms with Crippen molar-refractivity contribution in [1.82, 2.24) is 10.6 Å². The maximum atomic E-state index is 12.5. The van der Waals surface area contributed by atoms with Crippen molar-refractivity contribution >= 4 is 29.5 Å². The molecule has 0 fully saturated rings. The number of hydrogen-bond donors (Lipinski definition) is 3. The number of amides is 4. The van der Waals surface area contributed by atoms with Crippen LogP contribution in [0.5, 0.6) is 0 Å². The Morgan fingerprint density at radius 3 is 2.30 bits per heavy atom. The third-order valence-corrected chi connectivity index (χ3v) is 3.78. The first-order chi connectivity index (χ1) is 14.4. The lowest BCUT2D eigenvalue weighted by atomic mass is 10.1. The maximum Gasteiger partial charge on any atom is 0.339 e. The predicted octanol–water partition coefficient (Wildman–Crippen LogP) is 2.28. The van der Waals surface area contributed by atoms with E-state index in [1.807, 2.05) is 0 Å². The number of carbonyl (C=O) groups excluding carboxylic acids is 4. The van der Waals surface area contributed by atoms with Gasteiger partial charge in [0.15, 0.2) is 0 Å². The topological polar surface area (TPSA) is 137 Å². The molecule has 9 heteroatoms. The van der Waals surface area contributed by atoms with Crippen LogP contribution in [-0.2, 0) is 14.3 Å². The van der Waals surface area contributed by atoms with Crippen molar-refractivity contribution in [3.8, 4) is 6.07 Å². The lowest BCUT2D eigenvalue weighted by Gasteiger charge is -2.18. The maximum absolute atomic E-state index is 12.5. The molecule has 2 aromatic rings. The normalized spacial score (nSPS) is 10.8. The van der Waals surface area contributed by atoms with Crippen LogP contribution >= 0.6 is 0 Å². The van der Waals surface area contributed by atoms with Gasteiger partial charge in [0.2, 0.25) is 12.0 Å². The summed E-state index contributed by atoms with van der Waals surface area (Å²) in [6, 6.07) is 15.1. The van der Waals surface area contributed by atoms with E-state index >= 15 is 0 Å². The largest absolute Gasteiger partial charge is 0.444 e. The minimum absolute atomic E-state index is 0.139. The molecule has 1 unspecified atom stereocenters. The summed E-state index contributed by atoms with van der Waals surface area (Å²) in [5.74, 6) is -2.05. The summed E-state index contributed by atoms with van der Waals surface area (Å²) in [4.78, 5) is 48.2. The van der Waals surface area contributed by atoms with Crippen molar-refractivity contribution in [2.45, 2.75) is 19.4 Å². The molecule has 2 aromatic carbocycles. The number of nitrogens with zero attached hydrogens (tertiary/aromatic N) is 1. The van der Waals surface area contributed by atoms with Gasteiger partial charge in [-0.2, -0.15) is 5.26 Å². The standard InChI is InChI=1S/C21H20N4O5/c1-2-23-21(29)25-19(27)18(14-6-4-3-5-7-14)30-20(28)15-8-10-16(11-9-15)24-17(26)12-13-22/h3-11,18H,2,12H2,1H3,(H,24,26)(H2,23,25,27,29). The van der Waals surface area contributed by atoms with Crippen molar-refractivity contribution in [2.24, 2.45) is 0 Å². The van der Waals surface area contributed by atoms with Crippen molar-refractivity contribution in [3.05, 3.63) is 65.7 Å². The zero-order valence-corrected chi connectivity index (χ0v) is 16.2. The first kappa shape index (κ1) is 22.1. The first-order valence-electron chi connectivity index (χ1n) is 9.06. The van der Waals surface area contributed by atoms with E-state index in [0.717, 1.165) is 0 Å². The van der Waals surface area contributed by atoms with Crippen molar-refractivity contribution in [3.63, 3.8) is 0 Å². The minimum atomic E-state index is -1.34. The van der Waals surface area contributed by atoms with Crippen LogP contribution in [0, 0.1) is 11.3 Å². The van der Waals surface area contributed by atoms with Crippen LogP contribution < -0.4 is 16.0 Å². The van der Waals surface area contributed by atoms with E-state index in [9.17, 15) is 19.2 Å². The van der Waals surface area contributed by atoms with E-state index in [1.165, 1.54) is 24.3 Å². The quantitative estimate of drug-likeness (QED) is 0.601. The van der Waals surface area contributed by atoms with Gasteiger partial charge in [-0.3, -0.25) is 14.9 Å². The highest BCUT2D eigenvalue weighted by Crippen LogP contribution is 2.20. The molecule has 3 N–H and O–H groups in total. The molecule has 0 heterocycles. The highest BCUT2D eigenvalue weighted by Gasteiger charge is 2.27. The smallest absolute Gasteiger partial charge is 0.339 e. The fourth-order valence-corrected chi connectivity index (χ4v) is 2.42. The van der Waals surface area contributed by atoms with E-state index in [-0.39, 0.29) is 12.0 Å². The molecule has 0 aromatic heterocycles. The number of hydrogen-bond acceptors (Lipinski definition) is 6. The summed E-state index contributed by atoms with van der Waals surface area (Å²) in [5.41, 5.74) is 0.938. The Morgan fingerprint density at radius 2 is 1.70 bits per heavy atom. The molecule has 9 nitrogen and oxygen atoms in total. The molecular formula is C21H20N4O5. The number of anilines is 1. The van der Waals surface area contributed by atoms with E-state index in [4.69, 9.17) is 10.00 Å². The van der Waals surface area contributed by atoms with Gasteiger partial charge in [-0.1, -0.05) is 30.3 Å². The Kier molecular flexibility index (Phi) is 8.08. The SMILES string of the molecule is CCNC(=O)NC(=O)C(OC(=O)c1ccc(NC(=O)CC#N)cc1)c1ccccc1. The van der Waals surface area contributed by atoms with Gasteiger partial charge in [-0.15, -0.1) is 0 Å². The van der Waals surface area contributed by atoms with Gasteiger partial charge < -0.3 is 15.4 Å². The van der Waals surface area contributed by atoms with Crippen LogP contribution in [0.15, 0.2) is 54.6 Å².